The first-order valence-corrected chi connectivity index (χ1v) is 6.60. The highest BCUT2D eigenvalue weighted by Crippen LogP contribution is 2.10. The first kappa shape index (κ1) is 15.2. The zero-order chi connectivity index (χ0) is 13.4. The van der Waals surface area contributed by atoms with Gasteiger partial charge in [0.15, 0.2) is 0 Å². The zero-order valence-corrected chi connectivity index (χ0v) is 11.7. The van der Waals surface area contributed by atoms with Crippen molar-refractivity contribution in [3.05, 3.63) is 23.7 Å². The molecule has 0 aliphatic heterocycles. The van der Waals surface area contributed by atoms with Crippen molar-refractivity contribution in [2.24, 2.45) is 0 Å². The molecule has 4 heteroatoms. The van der Waals surface area contributed by atoms with Crippen LogP contribution in [0, 0.1) is 6.92 Å². The summed E-state index contributed by atoms with van der Waals surface area (Å²) in [5.41, 5.74) is 0. The summed E-state index contributed by atoms with van der Waals surface area (Å²) >= 11 is 0. The van der Waals surface area contributed by atoms with E-state index in [4.69, 9.17) is 9.15 Å². The lowest BCUT2D eigenvalue weighted by Crippen LogP contribution is -2.34. The van der Waals surface area contributed by atoms with E-state index in [0.717, 1.165) is 37.5 Å². The number of methoxy groups -OCH3 is 1. The van der Waals surface area contributed by atoms with Gasteiger partial charge in [0.05, 0.1) is 19.3 Å². The summed E-state index contributed by atoms with van der Waals surface area (Å²) in [4.78, 5) is 2.17. The van der Waals surface area contributed by atoms with Crippen molar-refractivity contribution in [1.29, 1.82) is 0 Å². The highest BCUT2D eigenvalue weighted by atomic mass is 16.5. The predicted molar refractivity (Wildman–Crippen MR) is 71.5 cm³/mol. The van der Waals surface area contributed by atoms with Crippen LogP contribution < -0.4 is 0 Å². The van der Waals surface area contributed by atoms with E-state index in [0.29, 0.717) is 13.2 Å². The van der Waals surface area contributed by atoms with Crippen LogP contribution in [0.5, 0.6) is 0 Å². The summed E-state index contributed by atoms with van der Waals surface area (Å²) in [5.74, 6) is 1.86. The second kappa shape index (κ2) is 8.29. The van der Waals surface area contributed by atoms with Crippen LogP contribution in [0.1, 0.15) is 31.3 Å². The number of rotatable bonds is 9. The number of aryl methyl sites for hydroxylation is 1. The monoisotopic (exact) mass is 255 g/mol. The fourth-order valence-electron chi connectivity index (χ4n) is 1.97. The molecule has 0 amide bonds. The standard InChI is InChI=1S/C14H25NO3/c1-4-5-13(16)10-15(8-9-17-3)11-14-7-6-12(2)18-14/h6-7,13,16H,4-5,8-11H2,1-3H3. The van der Waals surface area contributed by atoms with E-state index in [-0.39, 0.29) is 6.10 Å². The van der Waals surface area contributed by atoms with Gasteiger partial charge in [0.1, 0.15) is 11.5 Å². The molecule has 4 nitrogen and oxygen atoms in total. The van der Waals surface area contributed by atoms with Crippen molar-refractivity contribution < 1.29 is 14.3 Å². The molecule has 0 saturated heterocycles. The van der Waals surface area contributed by atoms with Crippen LogP contribution in [0.3, 0.4) is 0 Å². The molecule has 0 bridgehead atoms. The lowest BCUT2D eigenvalue weighted by molar-refractivity contribution is 0.0763. The molecule has 1 aromatic heterocycles. The Morgan fingerprint density at radius 2 is 2.22 bits per heavy atom. The number of ether oxygens (including phenoxy) is 1. The first-order valence-electron chi connectivity index (χ1n) is 6.60. The Bertz CT molecular complexity index is 325. The quantitative estimate of drug-likeness (QED) is 0.735. The molecular weight excluding hydrogens is 230 g/mol. The molecule has 0 aliphatic carbocycles. The third kappa shape index (κ3) is 5.67. The highest BCUT2D eigenvalue weighted by Gasteiger charge is 2.13. The van der Waals surface area contributed by atoms with Crippen LogP contribution in [-0.2, 0) is 11.3 Å². The first-order chi connectivity index (χ1) is 8.65. The average Bonchev–Trinajstić information content (AvgIpc) is 2.72. The molecule has 0 aliphatic rings. The minimum absolute atomic E-state index is 0.275. The third-order valence-corrected chi connectivity index (χ3v) is 2.88. The molecule has 1 unspecified atom stereocenters. The van der Waals surface area contributed by atoms with Crippen LogP contribution >= 0.6 is 0 Å². The van der Waals surface area contributed by atoms with Gasteiger partial charge in [0, 0.05) is 20.2 Å². The number of hydrogen-bond acceptors (Lipinski definition) is 4. The Balaban J connectivity index is 2.48. The maximum atomic E-state index is 9.89. The summed E-state index contributed by atoms with van der Waals surface area (Å²) in [7, 11) is 1.69. The van der Waals surface area contributed by atoms with Gasteiger partial charge in [-0.15, -0.1) is 0 Å². The fraction of sp³-hybridized carbons (Fsp3) is 0.714. The topological polar surface area (TPSA) is 45.8 Å². The number of aliphatic hydroxyl groups excluding tert-OH is 1. The summed E-state index contributed by atoms with van der Waals surface area (Å²) in [6.07, 6.45) is 1.56. The minimum Gasteiger partial charge on any atom is -0.465 e. The predicted octanol–water partition coefficient (Wildman–Crippen LogP) is 2.20. The summed E-state index contributed by atoms with van der Waals surface area (Å²) in [6, 6.07) is 3.95. The number of aliphatic hydroxyl groups is 1. The molecule has 104 valence electrons. The van der Waals surface area contributed by atoms with Gasteiger partial charge in [-0.05, 0) is 25.5 Å². The van der Waals surface area contributed by atoms with Crippen molar-refractivity contribution in [1.82, 2.24) is 4.90 Å². The molecule has 0 spiro atoms. The molecule has 0 saturated carbocycles. The number of furan rings is 1. The third-order valence-electron chi connectivity index (χ3n) is 2.88. The lowest BCUT2D eigenvalue weighted by Gasteiger charge is -2.23. The van der Waals surface area contributed by atoms with E-state index in [1.165, 1.54) is 0 Å². The molecule has 0 radical (unpaired) electrons. The number of nitrogens with zero attached hydrogens (tertiary/aromatic N) is 1. The van der Waals surface area contributed by atoms with Crippen LogP contribution in [0.4, 0.5) is 0 Å². The molecule has 1 N–H and O–H groups in total. The van der Waals surface area contributed by atoms with E-state index in [1.54, 1.807) is 7.11 Å². The minimum atomic E-state index is -0.275. The lowest BCUT2D eigenvalue weighted by atomic mass is 10.2. The van der Waals surface area contributed by atoms with Crippen molar-refractivity contribution >= 4 is 0 Å². The summed E-state index contributed by atoms with van der Waals surface area (Å²) in [5, 5.41) is 9.89. The summed E-state index contributed by atoms with van der Waals surface area (Å²) in [6.45, 7) is 6.87. The van der Waals surface area contributed by atoms with Crippen LogP contribution in [-0.4, -0.2) is 42.9 Å². The van der Waals surface area contributed by atoms with E-state index in [2.05, 4.69) is 11.8 Å². The van der Waals surface area contributed by atoms with Gasteiger partial charge in [-0.2, -0.15) is 0 Å². The Morgan fingerprint density at radius 1 is 1.44 bits per heavy atom. The van der Waals surface area contributed by atoms with Crippen LogP contribution in [0.2, 0.25) is 0 Å². The largest absolute Gasteiger partial charge is 0.465 e. The van der Waals surface area contributed by atoms with E-state index in [1.807, 2.05) is 19.1 Å². The molecule has 0 aromatic carbocycles. The SMILES string of the molecule is CCCC(O)CN(CCOC)Cc1ccc(C)o1. The molecule has 1 atom stereocenters. The van der Waals surface area contributed by atoms with Gasteiger partial charge in [-0.1, -0.05) is 13.3 Å². The molecule has 1 rings (SSSR count). The zero-order valence-electron chi connectivity index (χ0n) is 11.7. The van der Waals surface area contributed by atoms with Gasteiger partial charge in [0.25, 0.3) is 0 Å². The van der Waals surface area contributed by atoms with Gasteiger partial charge in [-0.25, -0.2) is 0 Å². The van der Waals surface area contributed by atoms with E-state index >= 15 is 0 Å². The van der Waals surface area contributed by atoms with E-state index < -0.39 is 0 Å². The Hall–Kier alpha value is -0.840. The molecule has 0 fully saturated rings. The molecule has 1 aromatic rings. The smallest absolute Gasteiger partial charge is 0.118 e. The summed E-state index contributed by atoms with van der Waals surface area (Å²) < 4.78 is 10.7. The fourth-order valence-corrected chi connectivity index (χ4v) is 1.97. The second-order valence-corrected chi connectivity index (χ2v) is 4.68. The Morgan fingerprint density at radius 3 is 2.78 bits per heavy atom. The maximum absolute atomic E-state index is 9.89. The highest BCUT2D eigenvalue weighted by molar-refractivity contribution is 5.05. The average molecular weight is 255 g/mol. The Kier molecular flexibility index (Phi) is 7.01. The van der Waals surface area contributed by atoms with Crippen LogP contribution in [0.25, 0.3) is 0 Å². The molecule has 18 heavy (non-hydrogen) atoms. The van der Waals surface area contributed by atoms with Crippen molar-refractivity contribution in [3.63, 3.8) is 0 Å². The number of hydrogen-bond donors (Lipinski definition) is 1. The molecule has 1 heterocycles. The normalized spacial score (nSPS) is 13.2. The van der Waals surface area contributed by atoms with Gasteiger partial charge < -0.3 is 14.3 Å². The maximum Gasteiger partial charge on any atom is 0.118 e. The second-order valence-electron chi connectivity index (χ2n) is 4.68. The van der Waals surface area contributed by atoms with Gasteiger partial charge in [-0.3, -0.25) is 4.90 Å². The molecular formula is C14H25NO3. The van der Waals surface area contributed by atoms with Gasteiger partial charge in [0.2, 0.25) is 0 Å². The van der Waals surface area contributed by atoms with Crippen molar-refractivity contribution in [3.8, 4) is 0 Å². The van der Waals surface area contributed by atoms with Crippen molar-refractivity contribution in [2.45, 2.75) is 39.3 Å². The van der Waals surface area contributed by atoms with Crippen LogP contribution in [0.15, 0.2) is 16.5 Å². The van der Waals surface area contributed by atoms with E-state index in [9.17, 15) is 5.11 Å². The van der Waals surface area contributed by atoms with Gasteiger partial charge >= 0.3 is 0 Å². The van der Waals surface area contributed by atoms with Crippen molar-refractivity contribution in [2.75, 3.05) is 26.8 Å². The Labute approximate surface area is 110 Å².